The van der Waals surface area contributed by atoms with Gasteiger partial charge < -0.3 is 0 Å². The van der Waals surface area contributed by atoms with Crippen LogP contribution in [0.2, 0.25) is 0 Å². The first-order valence-electron chi connectivity index (χ1n) is 11.9. The summed E-state index contributed by atoms with van der Waals surface area (Å²) in [4.78, 5) is 8.90. The highest BCUT2D eigenvalue weighted by molar-refractivity contribution is 5.68. The summed E-state index contributed by atoms with van der Waals surface area (Å²) in [7, 11) is 0. The molecule has 3 heteroatoms. The van der Waals surface area contributed by atoms with E-state index in [1.165, 1.54) is 50.5 Å². The molecule has 0 saturated heterocycles. The van der Waals surface area contributed by atoms with Gasteiger partial charge in [0.2, 0.25) is 0 Å². The van der Waals surface area contributed by atoms with Crippen molar-refractivity contribution in [3.8, 4) is 22.5 Å². The molecular formula is C28H35FN2. The van der Waals surface area contributed by atoms with Crippen molar-refractivity contribution in [1.29, 1.82) is 0 Å². The Kier molecular flexibility index (Phi) is 9.20. The lowest BCUT2D eigenvalue weighted by molar-refractivity contribution is 0.631. The van der Waals surface area contributed by atoms with E-state index >= 15 is 0 Å². The van der Waals surface area contributed by atoms with Gasteiger partial charge in [-0.1, -0.05) is 88.8 Å². The average molecular weight is 419 g/mol. The van der Waals surface area contributed by atoms with Gasteiger partial charge in [-0.2, -0.15) is 0 Å². The summed E-state index contributed by atoms with van der Waals surface area (Å²) in [5.74, 6) is 0.337. The zero-order chi connectivity index (χ0) is 21.9. The molecule has 3 rings (SSSR count). The minimum Gasteiger partial charge on any atom is -0.236 e. The van der Waals surface area contributed by atoms with Crippen LogP contribution in [0.15, 0.2) is 54.9 Å². The first-order valence-corrected chi connectivity index (χ1v) is 11.9. The summed E-state index contributed by atoms with van der Waals surface area (Å²) in [6.45, 7) is 4.43. The zero-order valence-electron chi connectivity index (χ0n) is 19.0. The molecule has 0 aliphatic carbocycles. The number of hydrogen-bond donors (Lipinski definition) is 0. The van der Waals surface area contributed by atoms with Crippen LogP contribution in [0.3, 0.4) is 0 Å². The molecule has 3 aromatic rings. The first kappa shape index (κ1) is 23.1. The molecule has 0 fully saturated rings. The molecule has 0 saturated carbocycles. The van der Waals surface area contributed by atoms with Gasteiger partial charge in [0.25, 0.3) is 0 Å². The van der Waals surface area contributed by atoms with E-state index in [2.05, 4.69) is 35.9 Å². The fourth-order valence-electron chi connectivity index (χ4n) is 3.88. The monoisotopic (exact) mass is 418 g/mol. The van der Waals surface area contributed by atoms with Crippen LogP contribution in [0.5, 0.6) is 0 Å². The number of aromatic nitrogens is 2. The molecule has 31 heavy (non-hydrogen) atoms. The van der Waals surface area contributed by atoms with E-state index in [9.17, 15) is 4.39 Å². The Balaban J connectivity index is 1.62. The van der Waals surface area contributed by atoms with Crippen molar-refractivity contribution in [1.82, 2.24) is 9.97 Å². The molecular weight excluding hydrogens is 383 g/mol. The fraction of sp³-hybridized carbons (Fsp3) is 0.429. The average Bonchev–Trinajstić information content (AvgIpc) is 2.80. The van der Waals surface area contributed by atoms with Crippen LogP contribution in [0.25, 0.3) is 22.5 Å². The smallest absolute Gasteiger partial charge is 0.159 e. The number of hydrogen-bond acceptors (Lipinski definition) is 2. The number of halogens is 1. The van der Waals surface area contributed by atoms with Crippen molar-refractivity contribution in [2.75, 3.05) is 0 Å². The fourth-order valence-corrected chi connectivity index (χ4v) is 3.88. The third-order valence-corrected chi connectivity index (χ3v) is 5.84. The van der Waals surface area contributed by atoms with E-state index in [0.717, 1.165) is 30.4 Å². The number of rotatable bonds is 12. The van der Waals surface area contributed by atoms with Crippen molar-refractivity contribution >= 4 is 0 Å². The van der Waals surface area contributed by atoms with Crippen LogP contribution >= 0.6 is 0 Å². The van der Waals surface area contributed by atoms with Gasteiger partial charge in [-0.15, -0.1) is 0 Å². The molecule has 0 radical (unpaired) electrons. The van der Waals surface area contributed by atoms with Gasteiger partial charge in [0.15, 0.2) is 5.82 Å². The zero-order valence-corrected chi connectivity index (χ0v) is 19.0. The maximum absolute atomic E-state index is 14.9. The van der Waals surface area contributed by atoms with E-state index in [1.54, 1.807) is 6.07 Å². The largest absolute Gasteiger partial charge is 0.236 e. The second kappa shape index (κ2) is 12.3. The van der Waals surface area contributed by atoms with E-state index < -0.39 is 0 Å². The minimum absolute atomic E-state index is 0.236. The summed E-state index contributed by atoms with van der Waals surface area (Å²) >= 11 is 0. The van der Waals surface area contributed by atoms with E-state index in [0.29, 0.717) is 17.0 Å². The molecule has 1 aromatic heterocycles. The Morgan fingerprint density at radius 1 is 0.645 bits per heavy atom. The van der Waals surface area contributed by atoms with Gasteiger partial charge in [-0.25, -0.2) is 14.4 Å². The van der Waals surface area contributed by atoms with Crippen molar-refractivity contribution in [3.05, 3.63) is 71.8 Å². The van der Waals surface area contributed by atoms with Gasteiger partial charge >= 0.3 is 0 Å². The predicted octanol–water partition coefficient (Wildman–Crippen LogP) is 8.20. The van der Waals surface area contributed by atoms with Gasteiger partial charge in [0, 0.05) is 23.5 Å². The Morgan fingerprint density at radius 2 is 1.23 bits per heavy atom. The van der Waals surface area contributed by atoms with E-state index in [-0.39, 0.29) is 5.82 Å². The van der Waals surface area contributed by atoms with Crippen LogP contribution in [0.4, 0.5) is 4.39 Å². The van der Waals surface area contributed by atoms with Crippen LogP contribution in [0, 0.1) is 5.82 Å². The van der Waals surface area contributed by atoms with Crippen molar-refractivity contribution in [2.45, 2.75) is 78.1 Å². The molecule has 0 atom stereocenters. The summed E-state index contributed by atoms with van der Waals surface area (Å²) < 4.78 is 14.9. The normalized spacial score (nSPS) is 11.1. The molecule has 164 valence electrons. The predicted molar refractivity (Wildman–Crippen MR) is 129 cm³/mol. The number of nitrogens with zero attached hydrogens (tertiary/aromatic N) is 2. The number of unbranched alkanes of at least 4 members (excludes halogenated alkanes) is 6. The first-order chi connectivity index (χ1) is 15.2. The maximum atomic E-state index is 14.9. The summed E-state index contributed by atoms with van der Waals surface area (Å²) in [6, 6.07) is 13.6. The van der Waals surface area contributed by atoms with Gasteiger partial charge in [0.05, 0.1) is 0 Å². The van der Waals surface area contributed by atoms with Gasteiger partial charge in [0.1, 0.15) is 5.82 Å². The lowest BCUT2D eigenvalue weighted by Crippen LogP contribution is -1.94. The molecule has 1 heterocycles. The van der Waals surface area contributed by atoms with E-state index in [1.807, 2.05) is 36.7 Å². The highest BCUT2D eigenvalue weighted by Gasteiger charge is 2.09. The Labute approximate surface area is 187 Å². The topological polar surface area (TPSA) is 25.8 Å². The van der Waals surface area contributed by atoms with E-state index in [4.69, 9.17) is 0 Å². The Bertz CT molecular complexity index is 917. The van der Waals surface area contributed by atoms with Crippen LogP contribution < -0.4 is 0 Å². The molecule has 0 amide bonds. The van der Waals surface area contributed by atoms with Gasteiger partial charge in [-0.3, -0.25) is 0 Å². The number of aryl methyl sites for hydroxylation is 2. The second-order valence-corrected chi connectivity index (χ2v) is 8.43. The molecule has 0 aliphatic heterocycles. The van der Waals surface area contributed by atoms with Gasteiger partial charge in [-0.05, 0) is 48.4 Å². The lowest BCUT2D eigenvalue weighted by Gasteiger charge is -2.08. The third kappa shape index (κ3) is 6.99. The Morgan fingerprint density at radius 3 is 1.90 bits per heavy atom. The minimum atomic E-state index is -0.236. The quantitative estimate of drug-likeness (QED) is 0.277. The number of benzene rings is 2. The van der Waals surface area contributed by atoms with Crippen LogP contribution in [-0.2, 0) is 12.8 Å². The van der Waals surface area contributed by atoms with Crippen LogP contribution in [-0.4, -0.2) is 9.97 Å². The lowest BCUT2D eigenvalue weighted by atomic mass is 9.99. The standard InChI is InChI=1S/C28H35FN2/c1-3-5-7-8-10-11-22-13-15-24(16-14-22)26-18-17-25(19-27(26)29)28-30-20-23(21-31-28)12-9-6-4-2/h13-21H,3-12H2,1-2H3. The molecule has 0 aliphatic rings. The summed E-state index contributed by atoms with van der Waals surface area (Å²) in [5.41, 5.74) is 4.70. The van der Waals surface area contributed by atoms with Crippen molar-refractivity contribution in [2.24, 2.45) is 0 Å². The van der Waals surface area contributed by atoms with Crippen LogP contribution in [0.1, 0.15) is 76.3 Å². The highest BCUT2D eigenvalue weighted by atomic mass is 19.1. The van der Waals surface area contributed by atoms with Crippen molar-refractivity contribution < 1.29 is 4.39 Å². The summed E-state index contributed by atoms with van der Waals surface area (Å²) in [6.07, 6.45) is 15.8. The third-order valence-electron chi connectivity index (χ3n) is 5.84. The molecule has 0 bridgehead atoms. The molecule has 0 unspecified atom stereocenters. The second-order valence-electron chi connectivity index (χ2n) is 8.43. The SMILES string of the molecule is CCCCCCCc1ccc(-c2ccc(-c3ncc(CCCCC)cn3)cc2F)cc1. The molecule has 0 spiro atoms. The summed E-state index contributed by atoms with van der Waals surface area (Å²) in [5, 5.41) is 0. The van der Waals surface area contributed by atoms with Crippen molar-refractivity contribution in [3.63, 3.8) is 0 Å². The Hall–Kier alpha value is -2.55. The molecule has 2 nitrogen and oxygen atoms in total. The highest BCUT2D eigenvalue weighted by Crippen LogP contribution is 2.27. The molecule has 0 N–H and O–H groups in total. The molecule has 2 aromatic carbocycles. The maximum Gasteiger partial charge on any atom is 0.159 e.